The van der Waals surface area contributed by atoms with Crippen LogP contribution in [0.25, 0.3) is 0 Å². The summed E-state index contributed by atoms with van der Waals surface area (Å²) in [7, 11) is 1.62. The van der Waals surface area contributed by atoms with Gasteiger partial charge in [0.1, 0.15) is 11.8 Å². The molecule has 2 rings (SSSR count). The summed E-state index contributed by atoms with van der Waals surface area (Å²) in [6.07, 6.45) is 1.22. The van der Waals surface area contributed by atoms with Crippen molar-refractivity contribution < 1.29 is 19.1 Å². The van der Waals surface area contributed by atoms with Crippen LogP contribution in [0, 0.1) is 7.14 Å². The average molecular weight is 621 g/mol. The molecule has 0 fully saturated rings. The lowest BCUT2D eigenvalue weighted by atomic mass is 10.1. The average Bonchev–Trinajstić information content (AvgIpc) is 2.68. The van der Waals surface area contributed by atoms with Crippen molar-refractivity contribution in [2.45, 2.75) is 19.4 Å². The Bertz CT molecular complexity index is 852. The molecule has 0 aliphatic rings. The molecular formula is C20H21I2N3O4. The summed E-state index contributed by atoms with van der Waals surface area (Å²) in [6, 6.07) is 12.4. The number of carbonyl (C=O) groups is 2. The second-order valence-corrected chi connectivity index (χ2v) is 8.18. The van der Waals surface area contributed by atoms with E-state index in [0.29, 0.717) is 6.42 Å². The maximum absolute atomic E-state index is 12.6. The minimum absolute atomic E-state index is 0.221. The molecule has 2 aromatic rings. The molecular weight excluding hydrogens is 600 g/mol. The van der Waals surface area contributed by atoms with Gasteiger partial charge in [0.05, 0.1) is 27.1 Å². The van der Waals surface area contributed by atoms with Crippen LogP contribution in [0.3, 0.4) is 0 Å². The van der Waals surface area contributed by atoms with E-state index >= 15 is 0 Å². The van der Waals surface area contributed by atoms with Gasteiger partial charge >= 0.3 is 6.09 Å². The van der Waals surface area contributed by atoms with Crippen molar-refractivity contribution in [1.82, 2.24) is 10.7 Å². The molecule has 0 spiro atoms. The maximum Gasteiger partial charge on any atom is 0.407 e. The first-order valence-electron chi connectivity index (χ1n) is 8.77. The SMILES string of the molecule is CCOC(=O)N[C@H](Cc1ccccc1)C(=O)N/N=C\c1cc(I)c(OC)c(I)c1. The van der Waals surface area contributed by atoms with Crippen LogP contribution in [0.5, 0.6) is 5.75 Å². The number of ether oxygens (including phenoxy) is 2. The van der Waals surface area contributed by atoms with E-state index in [1.165, 1.54) is 0 Å². The van der Waals surface area contributed by atoms with Gasteiger partial charge in [-0.3, -0.25) is 4.79 Å². The predicted molar refractivity (Wildman–Crippen MR) is 128 cm³/mol. The molecule has 0 bridgehead atoms. The Morgan fingerprint density at radius 2 is 1.83 bits per heavy atom. The molecule has 0 saturated heterocycles. The summed E-state index contributed by atoms with van der Waals surface area (Å²) in [4.78, 5) is 24.4. The third-order valence-corrected chi connectivity index (χ3v) is 5.38. The number of methoxy groups -OCH3 is 1. The fraction of sp³-hybridized carbons (Fsp3) is 0.250. The van der Waals surface area contributed by atoms with Crippen molar-refractivity contribution in [2.75, 3.05) is 13.7 Å². The first-order valence-corrected chi connectivity index (χ1v) is 10.9. The number of carbonyl (C=O) groups excluding carboxylic acids is 2. The normalized spacial score (nSPS) is 11.7. The molecule has 0 unspecified atom stereocenters. The number of benzene rings is 2. The lowest BCUT2D eigenvalue weighted by Gasteiger charge is -2.16. The van der Waals surface area contributed by atoms with E-state index in [0.717, 1.165) is 24.0 Å². The summed E-state index contributed by atoms with van der Waals surface area (Å²) in [5.41, 5.74) is 4.22. The Morgan fingerprint density at radius 1 is 1.17 bits per heavy atom. The van der Waals surface area contributed by atoms with E-state index in [-0.39, 0.29) is 6.61 Å². The summed E-state index contributed by atoms with van der Waals surface area (Å²) in [5.74, 6) is 0.366. The quantitative estimate of drug-likeness (QED) is 0.268. The molecule has 2 aromatic carbocycles. The standard InChI is InChI=1S/C20H21I2N3O4/c1-3-29-20(27)24-17(11-13-7-5-4-6-8-13)19(26)25-23-12-14-9-15(21)18(28-2)16(22)10-14/h4-10,12,17H,3,11H2,1-2H3,(H,24,27)(H,25,26)/b23-12-/t17-/m1/s1. The third-order valence-electron chi connectivity index (χ3n) is 3.78. The Balaban J connectivity index is 2.08. The summed E-state index contributed by atoms with van der Waals surface area (Å²) in [6.45, 7) is 1.92. The van der Waals surface area contributed by atoms with Gasteiger partial charge in [-0.15, -0.1) is 0 Å². The van der Waals surface area contributed by atoms with Crippen molar-refractivity contribution in [2.24, 2.45) is 5.10 Å². The third kappa shape index (κ3) is 7.46. The number of rotatable bonds is 8. The van der Waals surface area contributed by atoms with Crippen LogP contribution in [0.4, 0.5) is 4.79 Å². The van der Waals surface area contributed by atoms with Gasteiger partial charge in [0.2, 0.25) is 0 Å². The van der Waals surface area contributed by atoms with Crippen LogP contribution < -0.4 is 15.5 Å². The molecule has 0 aliphatic carbocycles. The molecule has 154 valence electrons. The number of nitrogens with one attached hydrogen (secondary N) is 2. The van der Waals surface area contributed by atoms with Gasteiger partial charge in [0.15, 0.2) is 0 Å². The van der Waals surface area contributed by atoms with Crippen LogP contribution in [0.2, 0.25) is 0 Å². The highest BCUT2D eigenvalue weighted by Crippen LogP contribution is 2.27. The zero-order chi connectivity index (χ0) is 21.2. The number of halogens is 2. The largest absolute Gasteiger partial charge is 0.495 e. The summed E-state index contributed by atoms with van der Waals surface area (Å²) in [5, 5.41) is 6.61. The molecule has 2 N–H and O–H groups in total. The van der Waals surface area contributed by atoms with E-state index < -0.39 is 18.0 Å². The molecule has 0 heterocycles. The van der Waals surface area contributed by atoms with Crippen molar-refractivity contribution in [3.05, 3.63) is 60.7 Å². The molecule has 0 saturated carbocycles. The van der Waals surface area contributed by atoms with Crippen LogP contribution in [0.15, 0.2) is 47.6 Å². The molecule has 2 amide bonds. The summed E-state index contributed by atoms with van der Waals surface area (Å²) < 4.78 is 12.1. The highest BCUT2D eigenvalue weighted by atomic mass is 127. The zero-order valence-electron chi connectivity index (χ0n) is 15.9. The van der Waals surface area contributed by atoms with Gasteiger partial charge in [-0.1, -0.05) is 30.3 Å². The van der Waals surface area contributed by atoms with Crippen molar-refractivity contribution in [3.8, 4) is 5.75 Å². The van der Waals surface area contributed by atoms with E-state index in [9.17, 15) is 9.59 Å². The second-order valence-electron chi connectivity index (χ2n) is 5.86. The Morgan fingerprint density at radius 3 is 2.41 bits per heavy atom. The van der Waals surface area contributed by atoms with E-state index in [1.54, 1.807) is 20.2 Å². The fourth-order valence-corrected chi connectivity index (χ4v) is 4.73. The van der Waals surface area contributed by atoms with Crippen molar-refractivity contribution >= 4 is 63.4 Å². The molecule has 9 heteroatoms. The predicted octanol–water partition coefficient (Wildman–Crippen LogP) is 3.71. The van der Waals surface area contributed by atoms with Gasteiger partial charge < -0.3 is 14.8 Å². The molecule has 0 radical (unpaired) electrons. The number of hydrogen-bond acceptors (Lipinski definition) is 5. The number of amides is 2. The topological polar surface area (TPSA) is 89.0 Å². The van der Waals surface area contributed by atoms with Gasteiger partial charge in [-0.2, -0.15) is 5.10 Å². The highest BCUT2D eigenvalue weighted by Gasteiger charge is 2.21. The second kappa shape index (κ2) is 12.0. The lowest BCUT2D eigenvalue weighted by Crippen LogP contribution is -2.47. The van der Waals surface area contributed by atoms with E-state index in [4.69, 9.17) is 9.47 Å². The summed E-state index contributed by atoms with van der Waals surface area (Å²) >= 11 is 4.36. The zero-order valence-corrected chi connectivity index (χ0v) is 20.3. The highest BCUT2D eigenvalue weighted by molar-refractivity contribution is 14.1. The van der Waals surface area contributed by atoms with Gasteiger partial charge in [0, 0.05) is 6.42 Å². The number of hydrogen-bond donors (Lipinski definition) is 2. The van der Waals surface area contributed by atoms with Crippen LogP contribution >= 0.6 is 45.2 Å². The van der Waals surface area contributed by atoms with Gasteiger partial charge in [0.25, 0.3) is 5.91 Å². The molecule has 0 aromatic heterocycles. The smallest absolute Gasteiger partial charge is 0.407 e. The number of hydrazone groups is 1. The van der Waals surface area contributed by atoms with Crippen LogP contribution in [0.1, 0.15) is 18.1 Å². The minimum Gasteiger partial charge on any atom is -0.495 e. The van der Waals surface area contributed by atoms with Crippen molar-refractivity contribution in [1.29, 1.82) is 0 Å². The van der Waals surface area contributed by atoms with E-state index in [1.807, 2.05) is 42.5 Å². The monoisotopic (exact) mass is 621 g/mol. The van der Waals surface area contributed by atoms with Gasteiger partial charge in [-0.25, -0.2) is 10.2 Å². The molecule has 7 nitrogen and oxygen atoms in total. The maximum atomic E-state index is 12.6. The van der Waals surface area contributed by atoms with Crippen LogP contribution in [-0.2, 0) is 16.0 Å². The molecule has 29 heavy (non-hydrogen) atoms. The van der Waals surface area contributed by atoms with Crippen LogP contribution in [-0.4, -0.2) is 38.0 Å². The Kier molecular flexibility index (Phi) is 9.64. The van der Waals surface area contributed by atoms with Gasteiger partial charge in [-0.05, 0) is 75.4 Å². The molecule has 1 atom stereocenters. The lowest BCUT2D eigenvalue weighted by molar-refractivity contribution is -0.123. The first kappa shape index (κ1) is 23.4. The number of nitrogens with zero attached hydrogens (tertiary/aromatic N) is 1. The van der Waals surface area contributed by atoms with E-state index in [2.05, 4.69) is 61.0 Å². The van der Waals surface area contributed by atoms with Crippen molar-refractivity contribution in [3.63, 3.8) is 0 Å². The molecule has 0 aliphatic heterocycles. The minimum atomic E-state index is -0.815. The fourth-order valence-electron chi connectivity index (χ4n) is 2.47. The number of alkyl carbamates (subject to hydrolysis) is 1. The first-order chi connectivity index (χ1) is 13.9. The Labute approximate surface area is 196 Å². The Hall–Kier alpha value is -1.89.